The van der Waals surface area contributed by atoms with Gasteiger partial charge in [0.2, 0.25) is 0 Å². The van der Waals surface area contributed by atoms with Crippen molar-refractivity contribution in [2.45, 2.75) is 55.2 Å². The van der Waals surface area contributed by atoms with Gasteiger partial charge in [0.1, 0.15) is 66.1 Å². The van der Waals surface area contributed by atoms with E-state index in [0.29, 0.717) is 11.5 Å². The van der Waals surface area contributed by atoms with Crippen molar-refractivity contribution in [3.05, 3.63) is 24.7 Å². The Morgan fingerprint density at radius 1 is 0.886 bits per heavy atom. The number of rotatable bonds is 2. The molecule has 9 N–H and O–H groups in total. The lowest BCUT2D eigenvalue weighted by Gasteiger charge is -2.28. The Kier molecular flexibility index (Phi) is 7.84. The number of aliphatic hydroxyl groups excluding tert-OH is 2. The first-order valence-electron chi connectivity index (χ1n) is 12.9. The smallest absolute Gasteiger partial charge is 0.325 e. The lowest BCUT2D eigenvalue weighted by Crippen LogP contribution is -2.36. The molecule has 4 aliphatic rings. The van der Waals surface area contributed by atoms with Gasteiger partial charge in [0.25, 0.3) is 0 Å². The second kappa shape index (κ2) is 11.3. The summed E-state index contributed by atoms with van der Waals surface area (Å²) in [6, 6.07) is 0. The number of fused-ring (bicyclic) bond motifs is 5. The Morgan fingerprint density at radius 2 is 1.57 bits per heavy atom. The van der Waals surface area contributed by atoms with Crippen LogP contribution in [-0.2, 0) is 51.2 Å². The minimum atomic E-state index is -4.15. The molecule has 3 aromatic rings. The molecule has 44 heavy (non-hydrogen) atoms. The molecule has 3 aromatic heterocycles. The van der Waals surface area contributed by atoms with Crippen molar-refractivity contribution in [2.24, 2.45) is 10.7 Å². The normalized spacial score (nSPS) is 40.9. The van der Waals surface area contributed by atoms with Gasteiger partial charge in [0, 0.05) is 0 Å². The molecule has 3 saturated heterocycles. The second-order valence-electron chi connectivity index (χ2n) is 10.1. The van der Waals surface area contributed by atoms with Crippen molar-refractivity contribution in [1.29, 1.82) is 0 Å². The first-order valence-corrected chi connectivity index (χ1v) is 18.1. The van der Waals surface area contributed by atoms with E-state index in [9.17, 15) is 20.0 Å². The average molecular weight is 693 g/mol. The number of aliphatic hydroxyl groups is 2. The summed E-state index contributed by atoms with van der Waals surface area (Å²) in [6.07, 6.45) is -5.59. The summed E-state index contributed by atoms with van der Waals surface area (Å²) >= 11 is 10.5. The third-order valence-electron chi connectivity index (χ3n) is 7.41. The van der Waals surface area contributed by atoms with Crippen LogP contribution in [-0.4, -0.2) is 105 Å². The van der Waals surface area contributed by atoms with Crippen LogP contribution >= 0.6 is 13.4 Å². The molecule has 20 nitrogen and oxygen atoms in total. The molecule has 238 valence electrons. The van der Waals surface area contributed by atoms with Gasteiger partial charge in [-0.15, -0.1) is 0 Å². The van der Waals surface area contributed by atoms with Crippen LogP contribution in [0.2, 0.25) is 0 Å². The number of aromatic nitrogens is 6. The van der Waals surface area contributed by atoms with Crippen molar-refractivity contribution in [3.8, 4) is 0 Å². The van der Waals surface area contributed by atoms with Crippen molar-refractivity contribution in [2.75, 3.05) is 24.3 Å². The Morgan fingerprint density at radius 3 is 2.34 bits per heavy atom. The van der Waals surface area contributed by atoms with E-state index in [1.807, 2.05) is 0 Å². The molecule has 0 amide bonds. The number of anilines is 2. The molecular formula is C20H26N10O10P2S2. The highest BCUT2D eigenvalue weighted by molar-refractivity contribution is 8.07. The molecule has 11 atom stereocenters. The predicted octanol–water partition coefficient (Wildman–Crippen LogP) is -1.52. The van der Waals surface area contributed by atoms with Crippen LogP contribution in [0.25, 0.3) is 11.2 Å². The van der Waals surface area contributed by atoms with E-state index in [0.717, 1.165) is 0 Å². The Hall–Kier alpha value is -2.11. The van der Waals surface area contributed by atoms with E-state index in [1.54, 1.807) is 0 Å². The lowest BCUT2D eigenvalue weighted by atomic mass is 10.1. The van der Waals surface area contributed by atoms with E-state index in [1.165, 1.54) is 34.5 Å². The number of hydrogen-bond donors (Lipinski definition) is 7. The molecule has 4 aliphatic heterocycles. The van der Waals surface area contributed by atoms with E-state index < -0.39 is 81.9 Å². The zero-order chi connectivity index (χ0) is 31.0. The highest BCUT2D eigenvalue weighted by Gasteiger charge is 2.52. The summed E-state index contributed by atoms with van der Waals surface area (Å²) in [7, 11) is 0. The summed E-state index contributed by atoms with van der Waals surface area (Å²) in [6.45, 7) is -9.24. The summed E-state index contributed by atoms with van der Waals surface area (Å²) in [5, 5.41) is 25.4. The van der Waals surface area contributed by atoms with Crippen LogP contribution < -0.4 is 16.8 Å². The topological polar surface area (TPSA) is 274 Å². The minimum absolute atomic E-state index is 0.107. The summed E-state index contributed by atoms with van der Waals surface area (Å²) < 4.78 is 37.7. The van der Waals surface area contributed by atoms with E-state index in [2.05, 4.69) is 30.2 Å². The van der Waals surface area contributed by atoms with Gasteiger partial charge >= 0.3 is 13.4 Å². The molecule has 3 unspecified atom stereocenters. The number of hydrogen-bond acceptors (Lipinski definition) is 18. The van der Waals surface area contributed by atoms with Crippen molar-refractivity contribution < 1.29 is 47.6 Å². The molecule has 0 aromatic carbocycles. The molecule has 7 rings (SSSR count). The second-order valence-corrected chi connectivity index (χ2v) is 15.7. The SMILES string of the molecule is Nc1ncnc2c1ncn2[C@@H]1O[C@@H]2COP(O)(=S)O[C@H]3[C@@H](O)[C@H](n4cnc5c4NC=NC5N)O[C@@H]3COP(O)(=S)O[C@@H]1[C@@H]2O. The van der Waals surface area contributed by atoms with Crippen molar-refractivity contribution >= 4 is 66.2 Å². The number of nitrogens with two attached hydrogens (primary N) is 2. The van der Waals surface area contributed by atoms with E-state index in [-0.39, 0.29) is 17.0 Å². The number of imidazole rings is 2. The van der Waals surface area contributed by atoms with Crippen LogP contribution in [0.3, 0.4) is 0 Å². The molecule has 0 radical (unpaired) electrons. The number of ether oxygens (including phenoxy) is 2. The monoisotopic (exact) mass is 692 g/mol. The van der Waals surface area contributed by atoms with E-state index in [4.69, 9.17) is 62.6 Å². The molecule has 7 heterocycles. The highest BCUT2D eigenvalue weighted by Crippen LogP contribution is 2.54. The zero-order valence-corrected chi connectivity index (χ0v) is 25.6. The van der Waals surface area contributed by atoms with Gasteiger partial charge in [-0.25, -0.2) is 19.9 Å². The third-order valence-corrected chi connectivity index (χ3v) is 10.5. The molecule has 0 saturated carbocycles. The molecule has 0 aliphatic carbocycles. The minimum Gasteiger partial charge on any atom is -0.387 e. The maximum Gasteiger partial charge on any atom is 0.325 e. The number of nitrogens with one attached hydrogen (secondary N) is 1. The predicted molar refractivity (Wildman–Crippen MR) is 155 cm³/mol. The Bertz CT molecular complexity index is 1710. The molecular weight excluding hydrogens is 666 g/mol. The fraction of sp³-hybridized carbons (Fsp3) is 0.550. The van der Waals surface area contributed by atoms with Gasteiger partial charge in [0.15, 0.2) is 23.9 Å². The van der Waals surface area contributed by atoms with Gasteiger partial charge in [-0.3, -0.25) is 23.2 Å². The van der Waals surface area contributed by atoms with Crippen molar-refractivity contribution in [3.63, 3.8) is 0 Å². The molecule has 0 spiro atoms. The van der Waals surface area contributed by atoms with Crippen LogP contribution in [0, 0.1) is 0 Å². The zero-order valence-electron chi connectivity index (χ0n) is 22.2. The molecule has 24 heteroatoms. The number of aliphatic imine (C=N–C) groups is 1. The fourth-order valence-electron chi connectivity index (χ4n) is 5.35. The van der Waals surface area contributed by atoms with Gasteiger partial charge in [-0.05, 0) is 23.6 Å². The fourth-order valence-corrected chi connectivity index (χ4v) is 8.21. The average Bonchev–Trinajstić information content (AvgIpc) is 3.73. The maximum absolute atomic E-state index is 11.3. The largest absolute Gasteiger partial charge is 0.387 e. The molecule has 3 fully saturated rings. The van der Waals surface area contributed by atoms with Crippen LogP contribution in [0.5, 0.6) is 0 Å². The quantitative estimate of drug-likeness (QED) is 0.150. The Balaban J connectivity index is 1.19. The van der Waals surface area contributed by atoms with Crippen LogP contribution in [0.15, 0.2) is 24.0 Å². The Labute approximate surface area is 257 Å². The highest BCUT2D eigenvalue weighted by atomic mass is 32.5. The third kappa shape index (κ3) is 5.38. The first kappa shape index (κ1) is 30.5. The van der Waals surface area contributed by atoms with Gasteiger partial charge in [-0.1, -0.05) is 0 Å². The summed E-state index contributed by atoms with van der Waals surface area (Å²) in [4.78, 5) is 42.7. The van der Waals surface area contributed by atoms with Crippen LogP contribution in [0.1, 0.15) is 24.3 Å². The standard InChI is InChI=1S/C20H26N10O10P2S2/c21-15-9-17(25-3-23-15)29(5-27-9)19-12(32)13-8(38-19)2-36-42(34,44)40-14-11(31)7(1-35-41(33,43)39-13)37-20(14)30-6-28-10-16(22)24-4-26-18(10)30/h3-8,11-15,19-20,31-32H,1-2,21H2,(H,23,25)(H,33,43)(H,34,44)(H2,22,24,26)/t7-,8-,11-,12-,13-,14-,15?,19-,20-,41?,42?/m1/s1. The first-order chi connectivity index (χ1) is 20.9. The van der Waals surface area contributed by atoms with E-state index >= 15 is 0 Å². The lowest BCUT2D eigenvalue weighted by molar-refractivity contribution is -0.0609. The van der Waals surface area contributed by atoms with Crippen LogP contribution in [0.4, 0.5) is 11.6 Å². The van der Waals surface area contributed by atoms with Gasteiger partial charge < -0.3 is 55.3 Å². The molecule has 2 bridgehead atoms. The number of nitrogen functional groups attached to an aromatic ring is 1. The van der Waals surface area contributed by atoms with Gasteiger partial charge in [-0.2, -0.15) is 0 Å². The van der Waals surface area contributed by atoms with Gasteiger partial charge in [0.05, 0.1) is 32.2 Å². The summed E-state index contributed by atoms with van der Waals surface area (Å²) in [5.41, 5.74) is 12.8. The van der Waals surface area contributed by atoms with Crippen molar-refractivity contribution in [1.82, 2.24) is 29.1 Å². The number of nitrogens with zero attached hydrogens (tertiary/aromatic N) is 7. The summed E-state index contributed by atoms with van der Waals surface area (Å²) in [5.74, 6) is 0.518. The maximum atomic E-state index is 11.3.